The molecule has 1 aliphatic heterocycles. The van der Waals surface area contributed by atoms with Gasteiger partial charge in [0.15, 0.2) is 10.9 Å². The van der Waals surface area contributed by atoms with Crippen LogP contribution in [0.3, 0.4) is 0 Å². The average Bonchev–Trinajstić information content (AvgIpc) is 3.13. The SMILES string of the molecule is CCc1ccc(N2C(=O)/C(=C/c3ccc(OCC(=O)Nc4cc(Cl)ccc4C)cc3)SC2=S)cc1. The van der Waals surface area contributed by atoms with Crippen molar-refractivity contribution in [3.05, 3.63) is 93.3 Å². The van der Waals surface area contributed by atoms with Crippen LogP contribution in [0, 0.1) is 6.92 Å². The minimum absolute atomic E-state index is 0.138. The zero-order chi connectivity index (χ0) is 24.9. The highest BCUT2D eigenvalue weighted by Gasteiger charge is 2.33. The molecule has 1 N–H and O–H groups in total. The maximum absolute atomic E-state index is 13.0. The van der Waals surface area contributed by atoms with Gasteiger partial charge in [0, 0.05) is 10.7 Å². The van der Waals surface area contributed by atoms with Gasteiger partial charge in [-0.05, 0) is 72.5 Å². The molecule has 4 rings (SSSR count). The van der Waals surface area contributed by atoms with E-state index in [1.807, 2.05) is 49.4 Å². The van der Waals surface area contributed by atoms with Crippen molar-refractivity contribution in [1.82, 2.24) is 0 Å². The zero-order valence-electron chi connectivity index (χ0n) is 19.2. The molecular weight excluding hydrogens is 500 g/mol. The number of carbonyl (C=O) groups is 2. The van der Waals surface area contributed by atoms with E-state index < -0.39 is 0 Å². The number of halogens is 1. The summed E-state index contributed by atoms with van der Waals surface area (Å²) in [6, 6.07) is 20.3. The van der Waals surface area contributed by atoms with Crippen molar-refractivity contribution in [1.29, 1.82) is 0 Å². The van der Waals surface area contributed by atoms with Crippen molar-refractivity contribution >= 4 is 69.2 Å². The van der Waals surface area contributed by atoms with E-state index in [2.05, 4.69) is 12.2 Å². The van der Waals surface area contributed by atoms with Gasteiger partial charge in [0.05, 0.1) is 10.6 Å². The summed E-state index contributed by atoms with van der Waals surface area (Å²) in [5.74, 6) is 0.122. The summed E-state index contributed by atoms with van der Waals surface area (Å²) in [7, 11) is 0. The van der Waals surface area contributed by atoms with E-state index in [9.17, 15) is 9.59 Å². The molecule has 0 atom stereocenters. The molecule has 1 aliphatic rings. The highest BCUT2D eigenvalue weighted by molar-refractivity contribution is 8.27. The number of carbonyl (C=O) groups excluding carboxylic acids is 2. The second kappa shape index (κ2) is 11.1. The van der Waals surface area contributed by atoms with Crippen LogP contribution >= 0.6 is 35.6 Å². The van der Waals surface area contributed by atoms with E-state index in [0.29, 0.717) is 25.7 Å². The quantitative estimate of drug-likeness (QED) is 0.278. The van der Waals surface area contributed by atoms with Gasteiger partial charge >= 0.3 is 0 Å². The van der Waals surface area contributed by atoms with Crippen LogP contribution in [0.1, 0.15) is 23.6 Å². The number of ether oxygens (including phenoxy) is 1. The van der Waals surface area contributed by atoms with E-state index in [4.69, 9.17) is 28.6 Å². The first kappa shape index (κ1) is 25.0. The third-order valence-electron chi connectivity index (χ3n) is 5.42. The monoisotopic (exact) mass is 522 g/mol. The van der Waals surface area contributed by atoms with Crippen LogP contribution in [0.5, 0.6) is 5.75 Å². The minimum Gasteiger partial charge on any atom is -0.484 e. The molecule has 1 fully saturated rings. The lowest BCUT2D eigenvalue weighted by Gasteiger charge is -2.14. The molecule has 8 heteroatoms. The van der Waals surface area contributed by atoms with E-state index in [1.54, 1.807) is 35.2 Å². The number of anilines is 2. The van der Waals surface area contributed by atoms with Crippen molar-refractivity contribution in [2.75, 3.05) is 16.8 Å². The van der Waals surface area contributed by atoms with Crippen molar-refractivity contribution in [2.45, 2.75) is 20.3 Å². The Morgan fingerprint density at radius 1 is 1.11 bits per heavy atom. The number of benzene rings is 3. The van der Waals surface area contributed by atoms with Crippen LogP contribution in [-0.2, 0) is 16.0 Å². The molecule has 3 aromatic rings. The number of nitrogens with one attached hydrogen (secondary N) is 1. The third-order valence-corrected chi connectivity index (χ3v) is 6.96. The standard InChI is InChI=1S/C27H23ClN2O3S2/c1-3-18-5-10-21(11-6-18)30-26(32)24(35-27(30)34)14-19-7-12-22(13-8-19)33-16-25(31)29-23-15-20(28)9-4-17(23)2/h4-15H,3,16H2,1-2H3,(H,29,31)/b24-14-. The molecular formula is C27H23ClN2O3S2. The van der Waals surface area contributed by atoms with Gasteiger partial charge in [-0.15, -0.1) is 0 Å². The van der Waals surface area contributed by atoms with E-state index >= 15 is 0 Å². The molecule has 178 valence electrons. The molecule has 0 radical (unpaired) electrons. The smallest absolute Gasteiger partial charge is 0.270 e. The molecule has 1 saturated heterocycles. The van der Waals surface area contributed by atoms with Gasteiger partial charge < -0.3 is 10.1 Å². The predicted octanol–water partition coefficient (Wildman–Crippen LogP) is 6.63. The Bertz CT molecular complexity index is 1310. The molecule has 0 saturated carbocycles. The van der Waals surface area contributed by atoms with E-state index in [1.165, 1.54) is 17.3 Å². The first-order valence-corrected chi connectivity index (χ1v) is 12.6. The number of hydrogen-bond acceptors (Lipinski definition) is 5. The van der Waals surface area contributed by atoms with Crippen LogP contribution < -0.4 is 15.0 Å². The Morgan fingerprint density at radius 3 is 2.51 bits per heavy atom. The number of hydrogen-bond donors (Lipinski definition) is 1. The topological polar surface area (TPSA) is 58.6 Å². The number of amides is 2. The fourth-order valence-corrected chi connectivity index (χ4v) is 4.92. The molecule has 0 spiro atoms. The second-order valence-corrected chi connectivity index (χ2v) is 10.0. The van der Waals surface area contributed by atoms with E-state index in [0.717, 1.165) is 23.2 Å². The lowest BCUT2D eigenvalue weighted by Crippen LogP contribution is -2.27. The summed E-state index contributed by atoms with van der Waals surface area (Å²) < 4.78 is 6.11. The maximum Gasteiger partial charge on any atom is 0.270 e. The number of thiocarbonyl (C=S) groups is 1. The van der Waals surface area contributed by atoms with Gasteiger partial charge in [-0.2, -0.15) is 0 Å². The molecule has 0 bridgehead atoms. The normalized spacial score (nSPS) is 14.5. The van der Waals surface area contributed by atoms with Gasteiger partial charge in [-0.25, -0.2) is 0 Å². The Kier molecular flexibility index (Phi) is 7.90. The predicted molar refractivity (Wildman–Crippen MR) is 148 cm³/mol. The number of thioether (sulfide) groups is 1. The van der Waals surface area contributed by atoms with Crippen molar-refractivity contribution in [3.63, 3.8) is 0 Å². The van der Waals surface area contributed by atoms with Gasteiger partial charge in [0.2, 0.25) is 0 Å². The largest absolute Gasteiger partial charge is 0.484 e. The number of rotatable bonds is 7. The Balaban J connectivity index is 1.37. The summed E-state index contributed by atoms with van der Waals surface area (Å²) in [4.78, 5) is 27.4. The van der Waals surface area contributed by atoms with Crippen LogP contribution in [0.4, 0.5) is 11.4 Å². The second-order valence-electron chi connectivity index (χ2n) is 7.90. The highest BCUT2D eigenvalue weighted by atomic mass is 35.5. The van der Waals surface area contributed by atoms with Crippen LogP contribution in [-0.4, -0.2) is 22.7 Å². The van der Waals surface area contributed by atoms with Gasteiger partial charge in [0.1, 0.15) is 5.75 Å². The summed E-state index contributed by atoms with van der Waals surface area (Å²) in [5.41, 5.74) is 4.37. The van der Waals surface area contributed by atoms with Gasteiger partial charge in [-0.3, -0.25) is 14.5 Å². The van der Waals surface area contributed by atoms with Crippen LogP contribution in [0.25, 0.3) is 6.08 Å². The van der Waals surface area contributed by atoms with Crippen molar-refractivity contribution in [2.24, 2.45) is 0 Å². The maximum atomic E-state index is 13.0. The lowest BCUT2D eigenvalue weighted by atomic mass is 10.1. The van der Waals surface area contributed by atoms with E-state index in [-0.39, 0.29) is 18.4 Å². The molecule has 5 nitrogen and oxygen atoms in total. The lowest BCUT2D eigenvalue weighted by molar-refractivity contribution is -0.118. The molecule has 35 heavy (non-hydrogen) atoms. The minimum atomic E-state index is -0.282. The summed E-state index contributed by atoms with van der Waals surface area (Å²) in [6.45, 7) is 3.84. The van der Waals surface area contributed by atoms with Crippen LogP contribution in [0.15, 0.2) is 71.6 Å². The van der Waals surface area contributed by atoms with Crippen molar-refractivity contribution in [3.8, 4) is 5.75 Å². The Labute approximate surface area is 219 Å². The summed E-state index contributed by atoms with van der Waals surface area (Å²) in [5, 5.41) is 3.35. The highest BCUT2D eigenvalue weighted by Crippen LogP contribution is 2.36. The zero-order valence-corrected chi connectivity index (χ0v) is 21.6. The fourth-order valence-electron chi connectivity index (χ4n) is 3.45. The average molecular weight is 523 g/mol. The van der Waals surface area contributed by atoms with Crippen molar-refractivity contribution < 1.29 is 14.3 Å². The summed E-state index contributed by atoms with van der Waals surface area (Å²) in [6.07, 6.45) is 2.74. The first-order valence-electron chi connectivity index (χ1n) is 11.0. The Morgan fingerprint density at radius 2 is 1.83 bits per heavy atom. The molecule has 0 unspecified atom stereocenters. The molecule has 3 aromatic carbocycles. The molecule has 2 amide bonds. The first-order chi connectivity index (χ1) is 16.8. The number of nitrogens with zero attached hydrogens (tertiary/aromatic N) is 1. The summed E-state index contributed by atoms with van der Waals surface area (Å²) >= 11 is 12.7. The van der Waals surface area contributed by atoms with Gasteiger partial charge in [0.25, 0.3) is 11.8 Å². The van der Waals surface area contributed by atoms with Gasteiger partial charge in [-0.1, -0.05) is 72.8 Å². The molecule has 1 heterocycles. The van der Waals surface area contributed by atoms with Crippen LogP contribution in [0.2, 0.25) is 5.02 Å². The number of aryl methyl sites for hydroxylation is 2. The molecule has 0 aliphatic carbocycles. The third kappa shape index (κ3) is 6.11. The molecule has 0 aromatic heterocycles. The fraction of sp³-hybridized carbons (Fsp3) is 0.148. The Hall–Kier alpha value is -3.13.